The molecular formula is C22H36O. The minimum absolute atomic E-state index is 0.158. The molecule has 0 aromatic rings. The van der Waals surface area contributed by atoms with Gasteiger partial charge in [-0.15, -0.1) is 0 Å². The quantitative estimate of drug-likeness (QED) is 0.566. The highest BCUT2D eigenvalue weighted by molar-refractivity contribution is 5.27. The monoisotopic (exact) mass is 316 g/mol. The van der Waals surface area contributed by atoms with E-state index in [2.05, 4.69) is 27.7 Å². The second-order valence-electron chi connectivity index (χ2n) is 10.1. The van der Waals surface area contributed by atoms with Crippen molar-refractivity contribution in [2.45, 2.75) is 91.6 Å². The predicted molar refractivity (Wildman–Crippen MR) is 96.1 cm³/mol. The van der Waals surface area contributed by atoms with Crippen molar-refractivity contribution in [3.05, 3.63) is 11.1 Å². The third-order valence-corrected chi connectivity index (χ3v) is 9.06. The molecule has 7 atom stereocenters. The fourth-order valence-electron chi connectivity index (χ4n) is 7.59. The van der Waals surface area contributed by atoms with E-state index in [-0.39, 0.29) is 11.5 Å². The van der Waals surface area contributed by atoms with Crippen molar-refractivity contribution in [1.82, 2.24) is 0 Å². The maximum absolute atomic E-state index is 11.0. The van der Waals surface area contributed by atoms with E-state index in [1.165, 1.54) is 68.9 Å². The fourth-order valence-corrected chi connectivity index (χ4v) is 7.59. The van der Waals surface area contributed by atoms with Crippen LogP contribution in [-0.4, -0.2) is 11.2 Å². The van der Waals surface area contributed by atoms with Gasteiger partial charge in [0.15, 0.2) is 0 Å². The average molecular weight is 317 g/mol. The first kappa shape index (κ1) is 16.2. The third-order valence-electron chi connectivity index (χ3n) is 9.06. The Balaban J connectivity index is 1.68. The van der Waals surface area contributed by atoms with Crippen LogP contribution in [0.5, 0.6) is 0 Å². The van der Waals surface area contributed by atoms with Gasteiger partial charge in [-0.3, -0.25) is 0 Å². The summed E-state index contributed by atoms with van der Waals surface area (Å²) in [5, 5.41) is 11.0. The van der Waals surface area contributed by atoms with E-state index in [1.807, 2.05) is 0 Å². The first-order valence-corrected chi connectivity index (χ1v) is 10.2. The zero-order valence-corrected chi connectivity index (χ0v) is 15.7. The van der Waals surface area contributed by atoms with E-state index in [0.29, 0.717) is 5.41 Å². The molecule has 0 spiro atoms. The Morgan fingerprint density at radius 3 is 2.43 bits per heavy atom. The summed E-state index contributed by atoms with van der Waals surface area (Å²) in [6.07, 6.45) is 12.4. The maximum Gasteiger partial charge on any atom is 0.0809 e. The number of rotatable bonds is 0. The second kappa shape index (κ2) is 5.35. The first-order valence-electron chi connectivity index (χ1n) is 10.2. The molecule has 0 heterocycles. The van der Waals surface area contributed by atoms with Gasteiger partial charge in [-0.2, -0.15) is 0 Å². The summed E-state index contributed by atoms with van der Waals surface area (Å²) in [6, 6.07) is 0. The standard InChI is InChI=1S/C22H36O/c1-14(2)17-13-19-16-9-8-15-7-5-6-11-21(15,3)18(16)10-12-22(19,4)20(17)23/h15-16,18-20,23H,5-13H2,1-4H3/t15-,16+,18-,19-,20+,21+,22-/m1/s1. The van der Waals surface area contributed by atoms with E-state index in [0.717, 1.165) is 23.7 Å². The van der Waals surface area contributed by atoms with Gasteiger partial charge in [0, 0.05) is 5.41 Å². The zero-order valence-electron chi connectivity index (χ0n) is 15.7. The molecule has 0 bridgehead atoms. The molecule has 4 aliphatic carbocycles. The van der Waals surface area contributed by atoms with Crippen LogP contribution >= 0.6 is 0 Å². The Kier molecular flexibility index (Phi) is 3.76. The van der Waals surface area contributed by atoms with Crippen LogP contribution in [0.1, 0.15) is 85.5 Å². The Labute approximate surface area is 142 Å². The summed E-state index contributed by atoms with van der Waals surface area (Å²) in [6.45, 7) is 9.46. The molecule has 1 N–H and O–H groups in total. The Hall–Kier alpha value is -0.300. The van der Waals surface area contributed by atoms with Crippen LogP contribution in [0.4, 0.5) is 0 Å². The van der Waals surface area contributed by atoms with Gasteiger partial charge in [-0.1, -0.05) is 32.3 Å². The van der Waals surface area contributed by atoms with E-state index >= 15 is 0 Å². The average Bonchev–Trinajstić information content (AvgIpc) is 2.79. The molecule has 0 saturated heterocycles. The molecular weight excluding hydrogens is 280 g/mol. The van der Waals surface area contributed by atoms with Crippen LogP contribution in [0.3, 0.4) is 0 Å². The van der Waals surface area contributed by atoms with Crippen molar-refractivity contribution in [3.63, 3.8) is 0 Å². The van der Waals surface area contributed by atoms with Gasteiger partial charge in [0.25, 0.3) is 0 Å². The Morgan fingerprint density at radius 2 is 1.70 bits per heavy atom. The molecule has 4 saturated carbocycles. The summed E-state index contributed by atoms with van der Waals surface area (Å²) >= 11 is 0. The van der Waals surface area contributed by atoms with Crippen LogP contribution in [0.15, 0.2) is 11.1 Å². The van der Waals surface area contributed by atoms with Crippen LogP contribution in [0.25, 0.3) is 0 Å². The van der Waals surface area contributed by atoms with E-state index in [1.54, 1.807) is 0 Å². The second-order valence-corrected chi connectivity index (χ2v) is 10.1. The maximum atomic E-state index is 11.0. The van der Waals surface area contributed by atoms with Crippen molar-refractivity contribution >= 4 is 0 Å². The number of aliphatic hydroxyl groups is 1. The van der Waals surface area contributed by atoms with Gasteiger partial charge < -0.3 is 5.11 Å². The molecule has 23 heavy (non-hydrogen) atoms. The molecule has 0 aromatic carbocycles. The minimum Gasteiger partial charge on any atom is -0.388 e. The Bertz CT molecular complexity index is 516. The van der Waals surface area contributed by atoms with Crippen LogP contribution < -0.4 is 0 Å². The zero-order chi connectivity index (χ0) is 16.4. The molecule has 4 rings (SSSR count). The lowest BCUT2D eigenvalue weighted by atomic mass is 9.45. The molecule has 0 amide bonds. The first-order chi connectivity index (χ1) is 10.9. The van der Waals surface area contributed by atoms with Crippen molar-refractivity contribution in [2.24, 2.45) is 34.5 Å². The number of fused-ring (bicyclic) bond motifs is 5. The van der Waals surface area contributed by atoms with Crippen molar-refractivity contribution in [3.8, 4) is 0 Å². The number of allylic oxidation sites excluding steroid dienone is 1. The highest BCUT2D eigenvalue weighted by Crippen LogP contribution is 2.67. The van der Waals surface area contributed by atoms with Crippen LogP contribution in [0.2, 0.25) is 0 Å². The molecule has 4 fully saturated rings. The summed E-state index contributed by atoms with van der Waals surface area (Å²) in [7, 11) is 0. The fraction of sp³-hybridized carbons (Fsp3) is 0.909. The lowest BCUT2D eigenvalue weighted by Gasteiger charge is -2.60. The summed E-state index contributed by atoms with van der Waals surface area (Å²) < 4.78 is 0. The largest absolute Gasteiger partial charge is 0.388 e. The summed E-state index contributed by atoms with van der Waals surface area (Å²) in [5.74, 6) is 3.54. The molecule has 0 aliphatic heterocycles. The van der Waals surface area contributed by atoms with Crippen molar-refractivity contribution in [1.29, 1.82) is 0 Å². The van der Waals surface area contributed by atoms with Gasteiger partial charge in [0.05, 0.1) is 6.10 Å². The van der Waals surface area contributed by atoms with Gasteiger partial charge in [-0.25, -0.2) is 0 Å². The van der Waals surface area contributed by atoms with Gasteiger partial charge in [-0.05, 0) is 93.5 Å². The molecule has 0 unspecified atom stereocenters. The highest BCUT2D eigenvalue weighted by Gasteiger charge is 2.60. The van der Waals surface area contributed by atoms with Crippen LogP contribution in [-0.2, 0) is 0 Å². The minimum atomic E-state index is -0.171. The third kappa shape index (κ3) is 2.14. The number of hydrogen-bond donors (Lipinski definition) is 1. The van der Waals surface area contributed by atoms with Crippen molar-refractivity contribution in [2.75, 3.05) is 0 Å². The van der Waals surface area contributed by atoms with E-state index < -0.39 is 0 Å². The van der Waals surface area contributed by atoms with Crippen LogP contribution in [0, 0.1) is 34.5 Å². The van der Waals surface area contributed by atoms with Gasteiger partial charge in [0.2, 0.25) is 0 Å². The van der Waals surface area contributed by atoms with E-state index in [4.69, 9.17) is 0 Å². The predicted octanol–water partition coefficient (Wildman–Crippen LogP) is 5.73. The lowest BCUT2D eigenvalue weighted by Crippen LogP contribution is -2.53. The van der Waals surface area contributed by atoms with Gasteiger partial charge >= 0.3 is 0 Å². The number of aliphatic hydroxyl groups excluding tert-OH is 1. The molecule has 0 radical (unpaired) electrons. The molecule has 130 valence electrons. The van der Waals surface area contributed by atoms with Gasteiger partial charge in [0.1, 0.15) is 0 Å². The van der Waals surface area contributed by atoms with Crippen molar-refractivity contribution < 1.29 is 5.11 Å². The Morgan fingerprint density at radius 1 is 0.913 bits per heavy atom. The normalized spacial score (nSPS) is 52.6. The lowest BCUT2D eigenvalue weighted by molar-refractivity contribution is -0.119. The summed E-state index contributed by atoms with van der Waals surface area (Å²) in [5.41, 5.74) is 3.53. The molecule has 4 aliphatic rings. The van der Waals surface area contributed by atoms with E-state index in [9.17, 15) is 5.11 Å². The molecule has 0 aromatic heterocycles. The smallest absolute Gasteiger partial charge is 0.0809 e. The topological polar surface area (TPSA) is 20.2 Å². The molecule has 1 nitrogen and oxygen atoms in total. The number of hydrogen-bond acceptors (Lipinski definition) is 1. The SMILES string of the molecule is CC(C)=C1C[C@@H]2[C@H]3CC[C@H]4CCCC[C@]4(C)[C@@H]3CC[C@@]2(C)[C@H]1O. The highest BCUT2D eigenvalue weighted by atomic mass is 16.3. The molecule has 1 heteroatoms. The summed E-state index contributed by atoms with van der Waals surface area (Å²) in [4.78, 5) is 0.